The van der Waals surface area contributed by atoms with Crippen LogP contribution in [0.3, 0.4) is 0 Å². The molecule has 0 saturated heterocycles. The molecule has 5 heteroatoms. The zero-order valence-electron chi connectivity index (χ0n) is 15.9. The SMILES string of the molecule is C[C@@H](C(=O)N[C@H]1CCCc2c1[nH]c1ccccc21)N1Cc2ccccc2C1=O. The second-order valence-corrected chi connectivity index (χ2v) is 7.78. The Hall–Kier alpha value is -3.08. The van der Waals surface area contributed by atoms with Crippen molar-refractivity contribution in [3.8, 4) is 0 Å². The van der Waals surface area contributed by atoms with Crippen molar-refractivity contribution in [1.29, 1.82) is 0 Å². The van der Waals surface area contributed by atoms with E-state index in [2.05, 4.69) is 28.5 Å². The molecule has 2 heterocycles. The molecule has 0 radical (unpaired) electrons. The van der Waals surface area contributed by atoms with Gasteiger partial charge in [-0.2, -0.15) is 0 Å². The molecule has 2 amide bonds. The summed E-state index contributed by atoms with van der Waals surface area (Å²) in [6.45, 7) is 2.31. The number of rotatable bonds is 3. The second kappa shape index (κ2) is 6.51. The van der Waals surface area contributed by atoms with Crippen LogP contribution in [0.1, 0.15) is 53.0 Å². The monoisotopic (exact) mass is 373 g/mol. The van der Waals surface area contributed by atoms with Crippen LogP contribution < -0.4 is 5.32 Å². The molecule has 2 N–H and O–H groups in total. The zero-order valence-corrected chi connectivity index (χ0v) is 15.9. The standard InChI is InChI=1S/C23H23N3O2/c1-14(26-13-15-7-2-3-8-16(15)23(26)28)22(27)25-20-12-6-10-18-17-9-4-5-11-19(17)24-21(18)20/h2-5,7-9,11,14,20,24H,6,10,12-13H2,1H3,(H,25,27)/t14-,20-/m0/s1. The third-order valence-electron chi connectivity index (χ3n) is 6.13. The summed E-state index contributed by atoms with van der Waals surface area (Å²) in [6.07, 6.45) is 2.98. The number of fused-ring (bicyclic) bond motifs is 4. The number of nitrogens with one attached hydrogen (secondary N) is 2. The molecule has 142 valence electrons. The molecule has 2 aliphatic rings. The number of aryl methyl sites for hydroxylation is 1. The van der Waals surface area contributed by atoms with Crippen molar-refractivity contribution in [2.24, 2.45) is 0 Å². The van der Waals surface area contributed by atoms with Gasteiger partial charge in [0, 0.05) is 28.7 Å². The van der Waals surface area contributed by atoms with E-state index >= 15 is 0 Å². The lowest BCUT2D eigenvalue weighted by molar-refractivity contribution is -0.126. The molecule has 1 aliphatic carbocycles. The maximum atomic E-state index is 13.0. The number of benzene rings is 2. The van der Waals surface area contributed by atoms with Crippen molar-refractivity contribution in [3.63, 3.8) is 0 Å². The molecule has 2 atom stereocenters. The number of H-pyrrole nitrogens is 1. The maximum Gasteiger partial charge on any atom is 0.255 e. The van der Waals surface area contributed by atoms with Gasteiger partial charge in [0.15, 0.2) is 0 Å². The first kappa shape index (κ1) is 17.0. The summed E-state index contributed by atoms with van der Waals surface area (Å²) in [4.78, 5) is 30.9. The van der Waals surface area contributed by atoms with Crippen LogP contribution in [0, 0.1) is 0 Å². The second-order valence-electron chi connectivity index (χ2n) is 7.78. The lowest BCUT2D eigenvalue weighted by Gasteiger charge is -2.28. The highest BCUT2D eigenvalue weighted by Crippen LogP contribution is 2.35. The number of aromatic amines is 1. The van der Waals surface area contributed by atoms with Gasteiger partial charge in [-0.3, -0.25) is 9.59 Å². The van der Waals surface area contributed by atoms with Gasteiger partial charge in [0.1, 0.15) is 6.04 Å². The van der Waals surface area contributed by atoms with Crippen LogP contribution in [0.25, 0.3) is 10.9 Å². The number of amides is 2. The Kier molecular flexibility index (Phi) is 3.97. The summed E-state index contributed by atoms with van der Waals surface area (Å²) >= 11 is 0. The van der Waals surface area contributed by atoms with Gasteiger partial charge in [-0.25, -0.2) is 0 Å². The Balaban J connectivity index is 1.36. The summed E-state index contributed by atoms with van der Waals surface area (Å²) in [6, 6.07) is 15.3. The fourth-order valence-corrected chi connectivity index (χ4v) is 4.58. The van der Waals surface area contributed by atoms with Crippen LogP contribution >= 0.6 is 0 Å². The largest absolute Gasteiger partial charge is 0.356 e. The van der Waals surface area contributed by atoms with E-state index in [4.69, 9.17) is 0 Å². The molecule has 0 unspecified atom stereocenters. The average Bonchev–Trinajstić information content (AvgIpc) is 3.26. The minimum atomic E-state index is -0.505. The number of aromatic nitrogens is 1. The quantitative estimate of drug-likeness (QED) is 0.735. The molecule has 0 fully saturated rings. The van der Waals surface area contributed by atoms with E-state index in [0.29, 0.717) is 12.1 Å². The predicted octanol–water partition coefficient (Wildman–Crippen LogP) is 3.71. The van der Waals surface area contributed by atoms with Crippen molar-refractivity contribution in [3.05, 3.63) is 70.9 Å². The number of carbonyl (C=O) groups is 2. The molecule has 5 rings (SSSR count). The lowest BCUT2D eigenvalue weighted by atomic mass is 9.91. The van der Waals surface area contributed by atoms with E-state index in [1.165, 1.54) is 10.9 Å². The highest BCUT2D eigenvalue weighted by atomic mass is 16.2. The van der Waals surface area contributed by atoms with Gasteiger partial charge in [-0.05, 0) is 49.4 Å². The van der Waals surface area contributed by atoms with E-state index in [0.717, 1.165) is 36.0 Å². The van der Waals surface area contributed by atoms with Crippen LogP contribution in [0.4, 0.5) is 0 Å². The van der Waals surface area contributed by atoms with Crippen molar-refractivity contribution in [1.82, 2.24) is 15.2 Å². The molecule has 0 bridgehead atoms. The first-order valence-electron chi connectivity index (χ1n) is 9.92. The summed E-state index contributed by atoms with van der Waals surface area (Å²) in [5, 5.41) is 4.44. The first-order valence-corrected chi connectivity index (χ1v) is 9.92. The Morgan fingerprint density at radius 1 is 1.18 bits per heavy atom. The minimum Gasteiger partial charge on any atom is -0.356 e. The van der Waals surface area contributed by atoms with Crippen LogP contribution in [0.5, 0.6) is 0 Å². The van der Waals surface area contributed by atoms with Gasteiger partial charge in [-0.15, -0.1) is 0 Å². The van der Waals surface area contributed by atoms with Crippen LogP contribution in [-0.2, 0) is 17.8 Å². The Morgan fingerprint density at radius 3 is 2.82 bits per heavy atom. The minimum absolute atomic E-state index is 0.0359. The number of para-hydroxylation sites is 1. The third-order valence-corrected chi connectivity index (χ3v) is 6.13. The maximum absolute atomic E-state index is 13.0. The molecular weight excluding hydrogens is 350 g/mol. The molecule has 0 spiro atoms. The molecule has 1 aromatic heterocycles. The topological polar surface area (TPSA) is 65.2 Å². The smallest absolute Gasteiger partial charge is 0.255 e. The van der Waals surface area contributed by atoms with Gasteiger partial charge in [0.2, 0.25) is 5.91 Å². The van der Waals surface area contributed by atoms with Gasteiger partial charge < -0.3 is 15.2 Å². The third kappa shape index (κ3) is 2.61. The molecule has 2 aromatic carbocycles. The molecule has 5 nitrogen and oxygen atoms in total. The van der Waals surface area contributed by atoms with E-state index in [1.54, 1.807) is 4.90 Å². The molecular formula is C23H23N3O2. The summed E-state index contributed by atoms with van der Waals surface area (Å²) in [7, 11) is 0. The molecule has 0 saturated carbocycles. The molecule has 3 aromatic rings. The van der Waals surface area contributed by atoms with Crippen molar-refractivity contribution in [2.75, 3.05) is 0 Å². The summed E-state index contributed by atoms with van der Waals surface area (Å²) < 4.78 is 0. The van der Waals surface area contributed by atoms with Gasteiger partial charge in [-0.1, -0.05) is 36.4 Å². The Labute approximate surface area is 163 Å². The van der Waals surface area contributed by atoms with Crippen LogP contribution in [0.2, 0.25) is 0 Å². The van der Waals surface area contributed by atoms with E-state index in [-0.39, 0.29) is 17.9 Å². The lowest BCUT2D eigenvalue weighted by Crippen LogP contribution is -2.46. The number of hydrogen-bond donors (Lipinski definition) is 2. The fraction of sp³-hybridized carbons (Fsp3) is 0.304. The summed E-state index contributed by atoms with van der Waals surface area (Å²) in [5.74, 6) is -0.161. The van der Waals surface area contributed by atoms with Crippen LogP contribution in [0.15, 0.2) is 48.5 Å². The van der Waals surface area contributed by atoms with Gasteiger partial charge >= 0.3 is 0 Å². The number of carbonyl (C=O) groups excluding carboxylic acids is 2. The molecule has 1 aliphatic heterocycles. The molecule has 28 heavy (non-hydrogen) atoms. The van der Waals surface area contributed by atoms with Gasteiger partial charge in [0.05, 0.1) is 6.04 Å². The number of hydrogen-bond acceptors (Lipinski definition) is 2. The fourth-order valence-electron chi connectivity index (χ4n) is 4.58. The highest BCUT2D eigenvalue weighted by molar-refractivity contribution is 6.01. The van der Waals surface area contributed by atoms with Gasteiger partial charge in [0.25, 0.3) is 5.91 Å². The van der Waals surface area contributed by atoms with Crippen molar-refractivity contribution in [2.45, 2.75) is 44.8 Å². The predicted molar refractivity (Wildman–Crippen MR) is 108 cm³/mol. The van der Waals surface area contributed by atoms with Crippen molar-refractivity contribution >= 4 is 22.7 Å². The van der Waals surface area contributed by atoms with Crippen molar-refractivity contribution < 1.29 is 9.59 Å². The number of nitrogens with zero attached hydrogens (tertiary/aromatic N) is 1. The Bertz CT molecular complexity index is 1080. The van der Waals surface area contributed by atoms with Crippen LogP contribution in [-0.4, -0.2) is 27.7 Å². The first-order chi connectivity index (χ1) is 13.6. The highest BCUT2D eigenvalue weighted by Gasteiger charge is 2.35. The average molecular weight is 373 g/mol. The normalized spacial score (nSPS) is 19.4. The zero-order chi connectivity index (χ0) is 19.3. The summed E-state index contributed by atoms with van der Waals surface area (Å²) in [5.41, 5.74) is 5.24. The Morgan fingerprint density at radius 2 is 1.96 bits per heavy atom. The van der Waals surface area contributed by atoms with E-state index < -0.39 is 6.04 Å². The van der Waals surface area contributed by atoms with E-state index in [9.17, 15) is 9.59 Å². The van der Waals surface area contributed by atoms with E-state index in [1.807, 2.05) is 37.3 Å².